The summed E-state index contributed by atoms with van der Waals surface area (Å²) in [5.74, 6) is -0.650. The van der Waals surface area contributed by atoms with E-state index in [0.717, 1.165) is 0 Å². The summed E-state index contributed by atoms with van der Waals surface area (Å²) in [5.41, 5.74) is 4.81. The smallest absolute Gasteiger partial charge is 0.330 e. The highest BCUT2D eigenvalue weighted by atomic mass is 31.2. The maximum absolute atomic E-state index is 11.4. The molecule has 1 atom stereocenters. The minimum Gasteiger partial charge on any atom is -0.368 e. The Morgan fingerprint density at radius 1 is 1.42 bits per heavy atom. The molecule has 0 bridgehead atoms. The first-order valence-corrected chi connectivity index (χ1v) is 5.43. The number of carbonyl (C=O) groups excluding carboxylic acids is 1. The summed E-state index contributed by atoms with van der Waals surface area (Å²) in [6.45, 7) is 3.31. The Kier molecular flexibility index (Phi) is 5.13. The van der Waals surface area contributed by atoms with Crippen molar-refractivity contribution in [2.24, 2.45) is 5.73 Å². The van der Waals surface area contributed by atoms with Crippen molar-refractivity contribution in [2.75, 3.05) is 19.4 Å². The largest absolute Gasteiger partial charge is 0.368 e. The van der Waals surface area contributed by atoms with E-state index in [2.05, 4.69) is 0 Å². The molecule has 6 heteroatoms. The molecule has 1 amide bonds. The number of nitrogens with two attached hydrogens (primary N) is 1. The standard InChI is InChI=1S/C6H14NO4P/c1-3-10-12(9,4-2)11-5-6(7)8/h3-5H2,1-2H3,(H2,7,8). The number of carbonyl (C=O) groups is 1. The molecule has 0 aromatic carbocycles. The Bertz CT molecular complexity index is 194. The van der Waals surface area contributed by atoms with Crippen LogP contribution in [0.5, 0.6) is 0 Å². The highest BCUT2D eigenvalue weighted by Crippen LogP contribution is 2.47. The third-order valence-electron chi connectivity index (χ3n) is 1.12. The predicted octanol–water partition coefficient (Wildman–Crippen LogP) is 0.738. The van der Waals surface area contributed by atoms with Crippen LogP contribution in [0.3, 0.4) is 0 Å². The van der Waals surface area contributed by atoms with Gasteiger partial charge < -0.3 is 10.3 Å². The van der Waals surface area contributed by atoms with Crippen molar-refractivity contribution in [1.29, 1.82) is 0 Å². The highest BCUT2D eigenvalue weighted by molar-refractivity contribution is 7.53. The minimum atomic E-state index is -3.05. The molecule has 0 heterocycles. The summed E-state index contributed by atoms with van der Waals surface area (Å²) < 4.78 is 21.0. The van der Waals surface area contributed by atoms with Gasteiger partial charge in [-0.1, -0.05) is 6.92 Å². The summed E-state index contributed by atoms with van der Waals surface area (Å²) in [7, 11) is -3.05. The molecule has 0 spiro atoms. The third-order valence-corrected chi connectivity index (χ3v) is 3.07. The fourth-order valence-electron chi connectivity index (χ4n) is 0.579. The molecule has 0 aliphatic carbocycles. The van der Waals surface area contributed by atoms with E-state index in [-0.39, 0.29) is 12.8 Å². The van der Waals surface area contributed by atoms with Gasteiger partial charge in [-0.25, -0.2) is 0 Å². The van der Waals surface area contributed by atoms with Crippen LogP contribution in [0.15, 0.2) is 0 Å². The Balaban J connectivity index is 3.96. The number of primary amides is 1. The zero-order valence-electron chi connectivity index (χ0n) is 7.28. The third kappa shape index (κ3) is 4.49. The molecule has 0 saturated carbocycles. The van der Waals surface area contributed by atoms with E-state index in [1.165, 1.54) is 0 Å². The lowest BCUT2D eigenvalue weighted by Crippen LogP contribution is -2.18. The van der Waals surface area contributed by atoms with E-state index in [1.54, 1.807) is 13.8 Å². The molecule has 0 fully saturated rings. The van der Waals surface area contributed by atoms with E-state index in [9.17, 15) is 9.36 Å². The fourth-order valence-corrected chi connectivity index (χ4v) is 1.74. The van der Waals surface area contributed by atoms with Gasteiger partial charge in [0.25, 0.3) is 0 Å². The normalized spacial score (nSPS) is 15.5. The van der Waals surface area contributed by atoms with Crippen molar-refractivity contribution in [3.05, 3.63) is 0 Å². The Morgan fingerprint density at radius 2 is 2.00 bits per heavy atom. The van der Waals surface area contributed by atoms with Gasteiger partial charge in [0, 0.05) is 6.16 Å². The van der Waals surface area contributed by atoms with Crippen LogP contribution in [0.4, 0.5) is 0 Å². The lowest BCUT2D eigenvalue weighted by Gasteiger charge is -2.14. The molecular weight excluding hydrogens is 181 g/mol. The fraction of sp³-hybridized carbons (Fsp3) is 0.833. The number of hydrogen-bond donors (Lipinski definition) is 1. The van der Waals surface area contributed by atoms with Crippen molar-refractivity contribution in [2.45, 2.75) is 13.8 Å². The highest BCUT2D eigenvalue weighted by Gasteiger charge is 2.21. The predicted molar refractivity (Wildman–Crippen MR) is 44.9 cm³/mol. The topological polar surface area (TPSA) is 78.6 Å². The minimum absolute atomic E-state index is 0.244. The monoisotopic (exact) mass is 195 g/mol. The SMILES string of the molecule is CCOP(=O)(CC)OCC(N)=O. The van der Waals surface area contributed by atoms with Crippen LogP contribution in [-0.4, -0.2) is 25.3 Å². The lowest BCUT2D eigenvalue weighted by molar-refractivity contribution is -0.120. The summed E-state index contributed by atoms with van der Waals surface area (Å²) in [4.78, 5) is 10.3. The lowest BCUT2D eigenvalue weighted by atomic mass is 10.7. The van der Waals surface area contributed by atoms with Crippen LogP contribution in [-0.2, 0) is 18.4 Å². The molecule has 2 N–H and O–H groups in total. The van der Waals surface area contributed by atoms with Gasteiger partial charge in [-0.15, -0.1) is 0 Å². The van der Waals surface area contributed by atoms with Crippen LogP contribution in [0.25, 0.3) is 0 Å². The number of rotatable bonds is 6. The van der Waals surface area contributed by atoms with Gasteiger partial charge in [-0.05, 0) is 6.92 Å². The van der Waals surface area contributed by atoms with Crippen molar-refractivity contribution < 1.29 is 18.4 Å². The van der Waals surface area contributed by atoms with Gasteiger partial charge in [0.1, 0.15) is 6.61 Å². The van der Waals surface area contributed by atoms with Gasteiger partial charge in [0.2, 0.25) is 5.91 Å². The quantitative estimate of drug-likeness (QED) is 0.634. The van der Waals surface area contributed by atoms with E-state index in [1.807, 2.05) is 0 Å². The number of amides is 1. The van der Waals surface area contributed by atoms with Crippen molar-refractivity contribution in [1.82, 2.24) is 0 Å². The van der Waals surface area contributed by atoms with Gasteiger partial charge in [-0.2, -0.15) is 0 Å². The molecule has 72 valence electrons. The Hall–Kier alpha value is -0.380. The van der Waals surface area contributed by atoms with Gasteiger partial charge in [-0.3, -0.25) is 13.9 Å². The van der Waals surface area contributed by atoms with Crippen molar-refractivity contribution >= 4 is 13.5 Å². The Morgan fingerprint density at radius 3 is 2.33 bits per heavy atom. The molecule has 1 unspecified atom stereocenters. The van der Waals surface area contributed by atoms with E-state index >= 15 is 0 Å². The number of hydrogen-bond acceptors (Lipinski definition) is 4. The second-order valence-electron chi connectivity index (χ2n) is 2.08. The summed E-state index contributed by atoms with van der Waals surface area (Å²) in [6.07, 6.45) is 0.244. The van der Waals surface area contributed by atoms with Gasteiger partial charge in [0.15, 0.2) is 0 Å². The zero-order valence-corrected chi connectivity index (χ0v) is 8.17. The molecule has 0 aliphatic rings. The van der Waals surface area contributed by atoms with Crippen LogP contribution in [0.1, 0.15) is 13.8 Å². The molecule has 0 rings (SSSR count). The molecule has 12 heavy (non-hydrogen) atoms. The average molecular weight is 195 g/mol. The van der Waals surface area contributed by atoms with Crippen LogP contribution in [0, 0.1) is 0 Å². The van der Waals surface area contributed by atoms with Gasteiger partial charge in [0.05, 0.1) is 6.61 Å². The van der Waals surface area contributed by atoms with Crippen LogP contribution >= 0.6 is 7.60 Å². The van der Waals surface area contributed by atoms with E-state index in [4.69, 9.17) is 14.8 Å². The molecule has 0 aromatic heterocycles. The summed E-state index contributed by atoms with van der Waals surface area (Å²) >= 11 is 0. The molecule has 0 radical (unpaired) electrons. The molecule has 5 nitrogen and oxygen atoms in total. The first kappa shape index (κ1) is 11.6. The van der Waals surface area contributed by atoms with E-state index in [0.29, 0.717) is 6.61 Å². The first-order valence-electron chi connectivity index (χ1n) is 3.70. The molecular formula is C6H14NO4P. The van der Waals surface area contributed by atoms with Crippen LogP contribution < -0.4 is 5.73 Å². The molecule has 0 aromatic rings. The molecule has 0 saturated heterocycles. The first-order chi connectivity index (χ1) is 5.54. The molecule has 0 aliphatic heterocycles. The van der Waals surface area contributed by atoms with E-state index < -0.39 is 13.5 Å². The summed E-state index contributed by atoms with van der Waals surface area (Å²) in [6, 6.07) is 0. The maximum Gasteiger partial charge on any atom is 0.330 e. The second-order valence-corrected chi connectivity index (χ2v) is 4.46. The average Bonchev–Trinajstić information content (AvgIpc) is 2.02. The van der Waals surface area contributed by atoms with Crippen molar-refractivity contribution in [3.63, 3.8) is 0 Å². The van der Waals surface area contributed by atoms with Crippen LogP contribution in [0.2, 0.25) is 0 Å². The van der Waals surface area contributed by atoms with Crippen molar-refractivity contribution in [3.8, 4) is 0 Å². The summed E-state index contributed by atoms with van der Waals surface area (Å²) in [5, 5.41) is 0. The second kappa shape index (κ2) is 5.30. The maximum atomic E-state index is 11.4. The Labute approximate surface area is 71.8 Å². The zero-order chi connectivity index (χ0) is 9.61. The van der Waals surface area contributed by atoms with Gasteiger partial charge >= 0.3 is 7.60 Å².